The van der Waals surface area contributed by atoms with E-state index in [-0.39, 0.29) is 10.8 Å². The summed E-state index contributed by atoms with van der Waals surface area (Å²) in [4.78, 5) is 14.5. The monoisotopic (exact) mass is 396 g/mol. The number of nitrogens with one attached hydrogen (secondary N) is 1. The summed E-state index contributed by atoms with van der Waals surface area (Å²) in [5.41, 5.74) is 1.84. The van der Waals surface area contributed by atoms with Crippen molar-refractivity contribution in [2.24, 2.45) is 0 Å². The average molecular weight is 397 g/mol. The molecule has 0 spiro atoms. The predicted molar refractivity (Wildman–Crippen MR) is 102 cm³/mol. The van der Waals surface area contributed by atoms with Crippen LogP contribution in [-0.4, -0.2) is 26.6 Å². The fourth-order valence-corrected chi connectivity index (χ4v) is 4.89. The highest BCUT2D eigenvalue weighted by Gasteiger charge is 2.24. The van der Waals surface area contributed by atoms with Crippen molar-refractivity contribution < 1.29 is 13.2 Å². The summed E-state index contributed by atoms with van der Waals surface area (Å²) in [6.45, 7) is 3.85. The number of amides is 1. The molecule has 0 bridgehead atoms. The van der Waals surface area contributed by atoms with Crippen LogP contribution in [0.15, 0.2) is 46.2 Å². The van der Waals surface area contributed by atoms with Gasteiger partial charge in [-0.2, -0.15) is 0 Å². The summed E-state index contributed by atoms with van der Waals surface area (Å²) in [7, 11) is -3.79. The van der Waals surface area contributed by atoms with E-state index in [0.717, 1.165) is 16.2 Å². The summed E-state index contributed by atoms with van der Waals surface area (Å²) in [5.74, 6) is 0.688. The lowest BCUT2D eigenvalue weighted by Gasteiger charge is -2.28. The van der Waals surface area contributed by atoms with E-state index in [2.05, 4.69) is 4.72 Å². The largest absolute Gasteiger partial charge is 0.311 e. The van der Waals surface area contributed by atoms with E-state index in [0.29, 0.717) is 22.9 Å². The number of hydrogen-bond donors (Lipinski definition) is 1. The minimum atomic E-state index is -3.79. The highest BCUT2D eigenvalue weighted by Crippen LogP contribution is 2.36. The first-order valence-electron chi connectivity index (χ1n) is 7.62. The molecule has 1 heterocycles. The molecule has 2 aromatic rings. The molecule has 25 heavy (non-hydrogen) atoms. The normalized spacial score (nSPS) is 14.1. The highest BCUT2D eigenvalue weighted by molar-refractivity contribution is 7.99. The number of fused-ring (bicyclic) bond motifs is 1. The molecular formula is C17H17ClN2O3S2. The first kappa shape index (κ1) is 18.1. The second-order valence-electron chi connectivity index (χ2n) is 5.71. The minimum Gasteiger partial charge on any atom is -0.311 e. The van der Waals surface area contributed by atoms with Gasteiger partial charge in [0.15, 0.2) is 0 Å². The number of carbonyl (C=O) groups excluding carboxylic acids is 1. The molecule has 0 aromatic heterocycles. The van der Waals surface area contributed by atoms with Gasteiger partial charge in [-0.1, -0.05) is 17.7 Å². The zero-order chi connectivity index (χ0) is 18.2. The van der Waals surface area contributed by atoms with Gasteiger partial charge in [0.05, 0.1) is 16.3 Å². The van der Waals surface area contributed by atoms with E-state index in [9.17, 15) is 13.2 Å². The standard InChI is InChI=1S/C17H17ClN2O3S2/c1-11-3-4-13(18)9-15(11)19-25(22,23)14-5-6-17-16(10-14)20(12(2)21)7-8-24-17/h3-6,9-10,19H,7-8H2,1-2H3. The third-order valence-corrected chi connectivity index (χ3v) is 6.57. The molecule has 1 aliphatic heterocycles. The lowest BCUT2D eigenvalue weighted by Crippen LogP contribution is -2.33. The number of benzene rings is 2. The number of thioether (sulfide) groups is 1. The van der Waals surface area contributed by atoms with Crippen molar-refractivity contribution in [2.75, 3.05) is 21.9 Å². The highest BCUT2D eigenvalue weighted by atomic mass is 35.5. The Bertz CT molecular complexity index is 945. The number of aryl methyl sites for hydroxylation is 1. The maximum atomic E-state index is 12.8. The third-order valence-electron chi connectivity index (χ3n) is 3.93. The van der Waals surface area contributed by atoms with Crippen LogP contribution in [0.25, 0.3) is 0 Å². The van der Waals surface area contributed by atoms with Crippen molar-refractivity contribution in [3.8, 4) is 0 Å². The molecule has 1 N–H and O–H groups in total. The molecule has 5 nitrogen and oxygen atoms in total. The minimum absolute atomic E-state index is 0.102. The zero-order valence-corrected chi connectivity index (χ0v) is 16.1. The molecule has 1 amide bonds. The molecule has 0 radical (unpaired) electrons. The Labute approximate surface area is 156 Å². The second-order valence-corrected chi connectivity index (χ2v) is 8.97. The molecule has 1 aliphatic rings. The van der Waals surface area contributed by atoms with Gasteiger partial charge in [0.1, 0.15) is 0 Å². The quantitative estimate of drug-likeness (QED) is 0.854. The Kier molecular flexibility index (Phi) is 4.99. The molecule has 0 atom stereocenters. The second kappa shape index (κ2) is 6.90. The maximum Gasteiger partial charge on any atom is 0.261 e. The van der Waals surface area contributed by atoms with E-state index < -0.39 is 10.0 Å². The Morgan fingerprint density at radius 3 is 2.72 bits per heavy atom. The lowest BCUT2D eigenvalue weighted by molar-refractivity contribution is -0.116. The first-order valence-corrected chi connectivity index (χ1v) is 10.5. The van der Waals surface area contributed by atoms with Gasteiger partial charge in [0.25, 0.3) is 10.0 Å². The molecule has 132 valence electrons. The molecule has 0 saturated carbocycles. The Balaban J connectivity index is 1.99. The molecule has 0 unspecified atom stereocenters. The summed E-state index contributed by atoms with van der Waals surface area (Å²) in [6, 6.07) is 9.87. The van der Waals surface area contributed by atoms with E-state index in [4.69, 9.17) is 11.6 Å². The molecule has 0 aliphatic carbocycles. The van der Waals surface area contributed by atoms with Gasteiger partial charge in [-0.3, -0.25) is 9.52 Å². The fraction of sp³-hybridized carbons (Fsp3) is 0.235. The molecular weight excluding hydrogens is 380 g/mol. The number of halogens is 1. The molecule has 3 rings (SSSR count). The van der Waals surface area contributed by atoms with Crippen molar-refractivity contribution in [1.82, 2.24) is 0 Å². The smallest absolute Gasteiger partial charge is 0.261 e. The van der Waals surface area contributed by atoms with E-state index in [1.54, 1.807) is 60.0 Å². The summed E-state index contributed by atoms with van der Waals surface area (Å²) in [6.07, 6.45) is 0. The van der Waals surface area contributed by atoms with Gasteiger partial charge in [0.2, 0.25) is 5.91 Å². The molecule has 2 aromatic carbocycles. The number of rotatable bonds is 3. The first-order chi connectivity index (χ1) is 11.8. The van der Waals surface area contributed by atoms with Crippen molar-refractivity contribution in [3.63, 3.8) is 0 Å². The van der Waals surface area contributed by atoms with Crippen LogP contribution in [-0.2, 0) is 14.8 Å². The maximum absolute atomic E-state index is 12.8. The van der Waals surface area contributed by atoms with Crippen LogP contribution >= 0.6 is 23.4 Å². The summed E-state index contributed by atoms with van der Waals surface area (Å²) >= 11 is 7.57. The van der Waals surface area contributed by atoms with Crippen molar-refractivity contribution in [2.45, 2.75) is 23.6 Å². The van der Waals surface area contributed by atoms with Crippen molar-refractivity contribution >= 4 is 50.7 Å². The van der Waals surface area contributed by atoms with E-state index in [1.165, 1.54) is 6.92 Å². The molecule has 0 saturated heterocycles. The average Bonchev–Trinajstić information content (AvgIpc) is 2.56. The van der Waals surface area contributed by atoms with Crippen LogP contribution in [0.1, 0.15) is 12.5 Å². The lowest BCUT2D eigenvalue weighted by atomic mass is 10.2. The van der Waals surface area contributed by atoms with Crippen LogP contribution in [0.2, 0.25) is 5.02 Å². The molecule has 8 heteroatoms. The number of anilines is 2. The number of sulfonamides is 1. The number of carbonyl (C=O) groups is 1. The van der Waals surface area contributed by atoms with Crippen LogP contribution in [0.4, 0.5) is 11.4 Å². The number of nitrogens with zero attached hydrogens (tertiary/aromatic N) is 1. The van der Waals surface area contributed by atoms with Gasteiger partial charge in [-0.25, -0.2) is 8.42 Å². The van der Waals surface area contributed by atoms with Gasteiger partial charge >= 0.3 is 0 Å². The van der Waals surface area contributed by atoms with Crippen molar-refractivity contribution in [3.05, 3.63) is 47.0 Å². The van der Waals surface area contributed by atoms with Gasteiger partial charge in [-0.15, -0.1) is 11.8 Å². The van der Waals surface area contributed by atoms with E-state index >= 15 is 0 Å². The van der Waals surface area contributed by atoms with Gasteiger partial charge in [0, 0.05) is 29.1 Å². The van der Waals surface area contributed by atoms with Gasteiger partial charge in [-0.05, 0) is 42.8 Å². The topological polar surface area (TPSA) is 66.5 Å². The third kappa shape index (κ3) is 3.78. The van der Waals surface area contributed by atoms with Crippen LogP contribution in [0, 0.1) is 6.92 Å². The molecule has 0 fully saturated rings. The van der Waals surface area contributed by atoms with Crippen LogP contribution < -0.4 is 9.62 Å². The Morgan fingerprint density at radius 2 is 2.00 bits per heavy atom. The Morgan fingerprint density at radius 1 is 1.24 bits per heavy atom. The van der Waals surface area contributed by atoms with E-state index in [1.807, 2.05) is 0 Å². The van der Waals surface area contributed by atoms with Crippen LogP contribution in [0.5, 0.6) is 0 Å². The SMILES string of the molecule is CC(=O)N1CCSc2ccc(S(=O)(=O)Nc3cc(Cl)ccc3C)cc21. The zero-order valence-electron chi connectivity index (χ0n) is 13.7. The number of hydrogen-bond acceptors (Lipinski definition) is 4. The van der Waals surface area contributed by atoms with Crippen LogP contribution in [0.3, 0.4) is 0 Å². The summed E-state index contributed by atoms with van der Waals surface area (Å²) in [5, 5.41) is 0.452. The van der Waals surface area contributed by atoms with Gasteiger partial charge < -0.3 is 4.90 Å². The Hall–Kier alpha value is -1.70. The predicted octanol–water partition coefficient (Wildman–Crippen LogP) is 3.91. The summed E-state index contributed by atoms with van der Waals surface area (Å²) < 4.78 is 28.1. The fourth-order valence-electron chi connectivity index (χ4n) is 2.60. The van der Waals surface area contributed by atoms with Crippen molar-refractivity contribution in [1.29, 1.82) is 0 Å².